The number of unbranched alkanes of at least 4 members (excludes halogenated alkanes) is 19. The van der Waals surface area contributed by atoms with Gasteiger partial charge in [0.05, 0.1) is 18.8 Å². The minimum absolute atomic E-state index is 0.122. The molecule has 0 aliphatic carbocycles. The van der Waals surface area contributed by atoms with Gasteiger partial charge in [0.2, 0.25) is 5.91 Å². The van der Waals surface area contributed by atoms with Crippen LogP contribution in [0.15, 0.2) is 170 Å². The van der Waals surface area contributed by atoms with Crippen LogP contribution < -0.4 is 5.32 Å². The van der Waals surface area contributed by atoms with Gasteiger partial charge in [0.1, 0.15) is 0 Å². The molecule has 0 rings (SSSR count). The van der Waals surface area contributed by atoms with E-state index in [-0.39, 0.29) is 12.5 Å². The van der Waals surface area contributed by atoms with Crippen molar-refractivity contribution < 1.29 is 15.0 Å². The summed E-state index contributed by atoms with van der Waals surface area (Å²) in [6.07, 6.45) is 101. The second kappa shape index (κ2) is 62.0. The van der Waals surface area contributed by atoms with Crippen molar-refractivity contribution in [3.8, 4) is 0 Å². The third-order valence-corrected chi connectivity index (χ3v) is 12.4. The van der Waals surface area contributed by atoms with Gasteiger partial charge in [0.25, 0.3) is 0 Å². The molecule has 0 aliphatic heterocycles. The molecule has 0 bridgehead atoms. The van der Waals surface area contributed by atoms with Crippen LogP contribution in [0.25, 0.3) is 0 Å². The first-order valence-corrected chi connectivity index (χ1v) is 29.8. The van der Waals surface area contributed by atoms with E-state index >= 15 is 0 Å². The molecule has 0 radical (unpaired) electrons. The number of hydrogen-bond acceptors (Lipinski definition) is 3. The van der Waals surface area contributed by atoms with E-state index in [1.165, 1.54) is 103 Å². The number of carbonyl (C=O) groups is 1. The van der Waals surface area contributed by atoms with Crippen molar-refractivity contribution in [1.82, 2.24) is 5.32 Å². The van der Waals surface area contributed by atoms with E-state index in [4.69, 9.17) is 0 Å². The Bertz CT molecular complexity index is 1610. The van der Waals surface area contributed by atoms with Gasteiger partial charge in [0.15, 0.2) is 0 Å². The predicted octanol–water partition coefficient (Wildman–Crippen LogP) is 20.3. The van der Waals surface area contributed by atoms with Crippen molar-refractivity contribution in [2.45, 2.75) is 251 Å². The highest BCUT2D eigenvalue weighted by Gasteiger charge is 2.17. The molecule has 2 unspecified atom stereocenters. The van der Waals surface area contributed by atoms with Gasteiger partial charge in [-0.1, -0.05) is 280 Å². The van der Waals surface area contributed by atoms with E-state index in [0.717, 1.165) is 116 Å². The van der Waals surface area contributed by atoms with Crippen LogP contribution in [-0.4, -0.2) is 34.9 Å². The van der Waals surface area contributed by atoms with E-state index in [1.54, 1.807) is 6.08 Å². The average Bonchev–Trinajstić information content (AvgIpc) is 3.40. The van der Waals surface area contributed by atoms with Crippen LogP contribution in [0.3, 0.4) is 0 Å². The van der Waals surface area contributed by atoms with Crippen LogP contribution in [0.4, 0.5) is 0 Å². The molecular weight excluding hydrogens is 891 g/mol. The summed E-state index contributed by atoms with van der Waals surface area (Å²) in [4.78, 5) is 12.5. The fraction of sp³-hybridized carbons (Fsp3) is 0.580. The summed E-state index contributed by atoms with van der Waals surface area (Å²) in [7, 11) is 0. The van der Waals surface area contributed by atoms with Gasteiger partial charge in [-0.25, -0.2) is 0 Å². The number of hydrogen-bond donors (Lipinski definition) is 3. The summed E-state index contributed by atoms with van der Waals surface area (Å²) >= 11 is 0. The molecular formula is C69H111NO3. The maximum absolute atomic E-state index is 12.5. The average molecular weight is 1000 g/mol. The topological polar surface area (TPSA) is 69.6 Å². The summed E-state index contributed by atoms with van der Waals surface area (Å²) in [5.74, 6) is -0.122. The van der Waals surface area contributed by atoms with E-state index in [1.807, 2.05) is 6.08 Å². The quantitative estimate of drug-likeness (QED) is 0.0420. The Morgan fingerprint density at radius 3 is 0.959 bits per heavy atom. The SMILES string of the molecule is CC/C=C\C/C=C\C/C=C\C/C=C\C/C=C\C/C=C\C/C=C\C/C=C\C/C=C\C/C=C\C/C=C\C/C=C\CCCCC(=O)NC(CO)C(O)/C=C/CC/C=C/CCCCCCCCCCCCCCCCCC. The molecule has 3 N–H and O–H groups in total. The lowest BCUT2D eigenvalue weighted by Gasteiger charge is -2.19. The number of amides is 1. The van der Waals surface area contributed by atoms with Gasteiger partial charge in [-0.15, -0.1) is 0 Å². The minimum atomic E-state index is -0.894. The molecule has 0 fully saturated rings. The lowest BCUT2D eigenvalue weighted by Crippen LogP contribution is -2.45. The fourth-order valence-electron chi connectivity index (χ4n) is 7.94. The first-order valence-electron chi connectivity index (χ1n) is 29.8. The highest BCUT2D eigenvalue weighted by Crippen LogP contribution is 2.15. The van der Waals surface area contributed by atoms with Crippen LogP contribution >= 0.6 is 0 Å². The molecule has 0 aromatic carbocycles. The highest BCUT2D eigenvalue weighted by atomic mass is 16.3. The number of nitrogens with one attached hydrogen (secondary N) is 1. The Kier molecular flexibility index (Phi) is 58.4. The lowest BCUT2D eigenvalue weighted by molar-refractivity contribution is -0.123. The second-order valence-electron chi connectivity index (χ2n) is 19.3. The normalized spacial score (nSPS) is 14.1. The van der Waals surface area contributed by atoms with Crippen molar-refractivity contribution >= 4 is 5.91 Å². The van der Waals surface area contributed by atoms with Gasteiger partial charge in [0, 0.05) is 6.42 Å². The van der Waals surface area contributed by atoms with Crippen molar-refractivity contribution in [2.75, 3.05) is 6.61 Å². The molecule has 0 spiro atoms. The van der Waals surface area contributed by atoms with Crippen LogP contribution in [0.1, 0.15) is 239 Å². The van der Waals surface area contributed by atoms with Crippen LogP contribution in [-0.2, 0) is 4.79 Å². The standard InChI is InChI=1S/C69H111NO3/c1-3-5-7-9-11-13-15-17-19-21-23-25-27-28-29-30-31-32-33-34-35-36-37-38-39-40-41-42-43-45-47-49-51-53-55-57-59-61-63-65-69(73)70-67(66-71)68(72)64-62-60-58-56-54-52-50-48-46-44-26-24-22-20-18-16-14-12-10-8-6-4-2/h5,7,11,13,17,19,23,25,28-29,31-32,34-35,37-38,40-41,43,45,49,51,54-57,62,64,67-68,71-72H,3-4,6,8-10,12,14-16,18,20-22,24,26-27,30,33,36,39,42,44,46-48,50,52-53,58-61,63,65-66H2,1-2H3,(H,70,73)/b7-5-,13-11-,19-17-,25-23-,29-28-,32-31-,35-34-,38-37-,41-40-,45-43-,51-49-,56-54+,57-55-,64-62+. The largest absolute Gasteiger partial charge is 0.394 e. The van der Waals surface area contributed by atoms with E-state index in [0.29, 0.717) is 6.42 Å². The highest BCUT2D eigenvalue weighted by molar-refractivity contribution is 5.76. The third-order valence-electron chi connectivity index (χ3n) is 12.4. The molecule has 0 saturated heterocycles. The van der Waals surface area contributed by atoms with Gasteiger partial charge >= 0.3 is 0 Å². The number of aliphatic hydroxyl groups excluding tert-OH is 2. The summed E-state index contributed by atoms with van der Waals surface area (Å²) in [5.41, 5.74) is 0. The number of rotatable bonds is 52. The molecule has 2 atom stereocenters. The Labute approximate surface area is 451 Å². The zero-order valence-electron chi connectivity index (χ0n) is 47.1. The maximum Gasteiger partial charge on any atom is 0.220 e. The molecule has 73 heavy (non-hydrogen) atoms. The minimum Gasteiger partial charge on any atom is -0.394 e. The van der Waals surface area contributed by atoms with Crippen molar-refractivity contribution in [3.63, 3.8) is 0 Å². The third kappa shape index (κ3) is 58.5. The van der Waals surface area contributed by atoms with E-state index < -0.39 is 12.1 Å². The van der Waals surface area contributed by atoms with Crippen LogP contribution in [0.2, 0.25) is 0 Å². The Morgan fingerprint density at radius 2 is 0.616 bits per heavy atom. The molecule has 0 saturated carbocycles. The predicted molar refractivity (Wildman–Crippen MR) is 326 cm³/mol. The van der Waals surface area contributed by atoms with Crippen molar-refractivity contribution in [3.05, 3.63) is 170 Å². The van der Waals surface area contributed by atoms with Crippen LogP contribution in [0.5, 0.6) is 0 Å². The first kappa shape index (κ1) is 68.8. The summed E-state index contributed by atoms with van der Waals surface area (Å²) in [6.45, 7) is 4.16. The van der Waals surface area contributed by atoms with Crippen molar-refractivity contribution in [1.29, 1.82) is 0 Å². The Balaban J connectivity index is 3.75. The summed E-state index contributed by atoms with van der Waals surface area (Å²) < 4.78 is 0. The molecule has 0 aromatic heterocycles. The zero-order chi connectivity index (χ0) is 52.7. The molecule has 4 nitrogen and oxygen atoms in total. The lowest BCUT2D eigenvalue weighted by atomic mass is 10.0. The van der Waals surface area contributed by atoms with E-state index in [2.05, 4.69) is 177 Å². The number of carbonyl (C=O) groups excluding carboxylic acids is 1. The fourth-order valence-corrected chi connectivity index (χ4v) is 7.94. The number of aliphatic hydroxyl groups is 2. The zero-order valence-corrected chi connectivity index (χ0v) is 47.1. The number of allylic oxidation sites excluding steroid dienone is 27. The monoisotopic (exact) mass is 1000 g/mol. The Morgan fingerprint density at radius 1 is 0.342 bits per heavy atom. The molecule has 0 aromatic rings. The van der Waals surface area contributed by atoms with Gasteiger partial charge in [-0.3, -0.25) is 4.79 Å². The summed E-state index contributed by atoms with van der Waals surface area (Å²) in [5, 5.41) is 23.1. The molecule has 4 heteroatoms. The molecule has 410 valence electrons. The maximum atomic E-state index is 12.5. The molecule has 0 heterocycles. The van der Waals surface area contributed by atoms with Gasteiger partial charge < -0.3 is 15.5 Å². The van der Waals surface area contributed by atoms with E-state index in [9.17, 15) is 15.0 Å². The smallest absolute Gasteiger partial charge is 0.220 e. The molecule has 0 aliphatic rings. The van der Waals surface area contributed by atoms with Gasteiger partial charge in [-0.05, 0) is 122 Å². The van der Waals surface area contributed by atoms with Gasteiger partial charge in [-0.2, -0.15) is 0 Å². The Hall–Kier alpha value is -4.25. The van der Waals surface area contributed by atoms with Crippen LogP contribution in [0, 0.1) is 0 Å². The summed E-state index contributed by atoms with van der Waals surface area (Å²) in [6, 6.07) is -0.677. The molecule has 1 amide bonds. The second-order valence-corrected chi connectivity index (χ2v) is 19.3. The van der Waals surface area contributed by atoms with Crippen molar-refractivity contribution in [2.24, 2.45) is 0 Å². The first-order chi connectivity index (χ1) is 36.2.